The first-order valence-electron chi connectivity index (χ1n) is 29.8. The number of ether oxygens (including phenoxy) is 2. The molecule has 1 atom stereocenters. The van der Waals surface area contributed by atoms with E-state index >= 15 is 0 Å². The molecule has 447 valence electrons. The number of hydrogen-bond donors (Lipinski definition) is 14. The number of aryl methyl sites for hydroxylation is 1. The normalized spacial score (nSPS) is 13.6. The molecule has 1 aromatic heterocycles. The summed E-state index contributed by atoms with van der Waals surface area (Å²) in [7, 11) is 0. The van der Waals surface area contributed by atoms with Crippen molar-refractivity contribution in [3.8, 4) is 0 Å². The topological polar surface area (TPSA) is 297 Å². The number of para-hydroxylation sites is 1. The van der Waals surface area contributed by atoms with Crippen LogP contribution in [0.3, 0.4) is 0 Å². The number of benzene rings is 3. The monoisotopic (exact) mass is 1170 g/mol. The van der Waals surface area contributed by atoms with Crippen molar-refractivity contribution in [3.05, 3.63) is 108 Å². The first-order valence-corrected chi connectivity index (χ1v) is 29.8. The van der Waals surface area contributed by atoms with Gasteiger partial charge in [0.2, 0.25) is 0 Å². The van der Waals surface area contributed by atoms with E-state index < -0.39 is 0 Å². The Kier molecular flexibility index (Phi) is 60.6. The first-order chi connectivity index (χ1) is 37.9. The molecule has 21 N–H and O–H groups in total. The summed E-state index contributed by atoms with van der Waals surface area (Å²) in [6.07, 6.45) is 23.3. The van der Waals surface area contributed by atoms with E-state index in [-0.39, 0.29) is 45.1 Å². The van der Waals surface area contributed by atoms with Crippen LogP contribution in [0.1, 0.15) is 140 Å². The number of fused-ring (bicyclic) bond motifs is 1. The quantitative estimate of drug-likeness (QED) is 0.0181. The Balaban J connectivity index is 0. The van der Waals surface area contributed by atoms with Gasteiger partial charge >= 0.3 is 0 Å². The number of unbranched alkanes of at least 4 members (excludes halogenated alkanes) is 6. The van der Waals surface area contributed by atoms with Crippen molar-refractivity contribution in [2.45, 2.75) is 154 Å². The van der Waals surface area contributed by atoms with Gasteiger partial charge in [0.15, 0.2) is 5.79 Å². The van der Waals surface area contributed by atoms with Crippen molar-refractivity contribution in [1.82, 2.24) is 31.6 Å². The minimum absolute atomic E-state index is 0. The maximum absolute atomic E-state index is 8.29. The fourth-order valence-corrected chi connectivity index (χ4v) is 8.05. The van der Waals surface area contributed by atoms with E-state index in [0.717, 1.165) is 163 Å². The fraction of sp³-hybridized carbons (Fsp3) is 0.672. The van der Waals surface area contributed by atoms with Crippen LogP contribution < -0.4 is 66.7 Å². The van der Waals surface area contributed by atoms with E-state index in [2.05, 4.69) is 106 Å². The summed E-state index contributed by atoms with van der Waals surface area (Å²) in [6, 6.07) is 30.0. The van der Waals surface area contributed by atoms with Crippen LogP contribution in [0.4, 0.5) is 0 Å². The van der Waals surface area contributed by atoms with Gasteiger partial charge in [-0.05, 0) is 173 Å². The number of aromatic amines is 1. The molecule has 2 aliphatic rings. The molecule has 2 heterocycles. The zero-order valence-corrected chi connectivity index (χ0v) is 52.0. The molecule has 78 heavy (non-hydrogen) atoms. The van der Waals surface area contributed by atoms with Crippen LogP contribution in [0, 0.1) is 6.07 Å². The summed E-state index contributed by atoms with van der Waals surface area (Å²) in [5.41, 5.74) is 42.6. The van der Waals surface area contributed by atoms with Gasteiger partial charge in [-0.25, -0.2) is 0 Å². The number of nitrogens with two attached hydrogens (primary N) is 7. The maximum atomic E-state index is 8.29. The second-order valence-electron chi connectivity index (χ2n) is 19.3. The van der Waals surface area contributed by atoms with Crippen LogP contribution in [0.15, 0.2) is 85.1 Å². The molecule has 4 aromatic rings. The molecule has 1 spiro atoms. The molecule has 2 fully saturated rings. The van der Waals surface area contributed by atoms with Gasteiger partial charge in [0.1, 0.15) is 0 Å². The second kappa shape index (κ2) is 60.8. The van der Waals surface area contributed by atoms with Crippen LogP contribution in [0.25, 0.3) is 10.9 Å². The molecule has 17 heteroatoms. The predicted octanol–water partition coefficient (Wildman–Crippen LogP) is 6.27. The van der Waals surface area contributed by atoms with Gasteiger partial charge < -0.3 is 86.3 Å². The first kappa shape index (κ1) is 77.8. The van der Waals surface area contributed by atoms with Gasteiger partial charge in [0.05, 0.1) is 12.7 Å². The number of aromatic nitrogens is 1. The summed E-state index contributed by atoms with van der Waals surface area (Å²) in [4.78, 5) is 3.30. The average Bonchev–Trinajstić information content (AvgIpc) is 4.23. The number of aliphatic hydroxyl groups is 1. The summed E-state index contributed by atoms with van der Waals surface area (Å²) < 4.78 is 11.8. The molecule has 1 saturated heterocycles. The third-order valence-corrected chi connectivity index (χ3v) is 12.4. The van der Waals surface area contributed by atoms with Crippen molar-refractivity contribution in [3.63, 3.8) is 0 Å². The number of H-pyrrole nitrogens is 1. The molecule has 0 bridgehead atoms. The zero-order valence-electron chi connectivity index (χ0n) is 49.2. The number of rotatable bonds is 34. The smallest absolute Gasteiger partial charge is 0.168 e. The van der Waals surface area contributed by atoms with E-state index in [1.165, 1.54) is 85.4 Å². The molecule has 1 aliphatic carbocycles. The molecule has 1 radical (unpaired) electrons. The SMILES string of the molecule is CCCCNCCN.CCNCCCCN.NCCCCC1COC2(CCCC2)O1.NCCCCCc1c[nH]c2ccccc12.NCCCCNCc1ccccc1.NCCNCCCO.NCCNCc1[c-]cccc1.[Y]. The van der Waals surface area contributed by atoms with Crippen LogP contribution in [-0.2, 0) is 61.7 Å². The largest absolute Gasteiger partial charge is 0.396 e. The fourth-order valence-electron chi connectivity index (χ4n) is 8.05. The van der Waals surface area contributed by atoms with Gasteiger partial charge in [-0.1, -0.05) is 75.2 Å². The number of hydrogen-bond acceptors (Lipinski definition) is 15. The van der Waals surface area contributed by atoms with E-state index in [0.29, 0.717) is 19.2 Å². The third-order valence-electron chi connectivity index (χ3n) is 12.4. The van der Waals surface area contributed by atoms with Crippen LogP contribution in [0.5, 0.6) is 0 Å². The van der Waals surface area contributed by atoms with Gasteiger partial charge in [-0.2, -0.15) is 30.3 Å². The van der Waals surface area contributed by atoms with Gasteiger partial charge in [0.25, 0.3) is 0 Å². The van der Waals surface area contributed by atoms with Crippen molar-refractivity contribution < 1.29 is 47.3 Å². The summed E-state index contributed by atoms with van der Waals surface area (Å²) in [5.74, 6) is -0.173. The number of nitrogens with one attached hydrogen (secondary N) is 6. The molecule has 1 aliphatic heterocycles. The van der Waals surface area contributed by atoms with E-state index in [9.17, 15) is 0 Å². The van der Waals surface area contributed by atoms with Crippen molar-refractivity contribution in [2.24, 2.45) is 40.1 Å². The van der Waals surface area contributed by atoms with Crippen LogP contribution in [0.2, 0.25) is 0 Å². The molecule has 0 amide bonds. The minimum atomic E-state index is -0.173. The standard InChI is InChI=1S/C13H18N2.C11H18N2.C11H21NO2.C9H13N2.2C6H16N2.C5H14N2O.Y/c14-9-5-1-2-6-11-10-15-13-8-4-3-7-12(11)13;12-8-4-5-9-13-10-11-6-2-1-3-7-11;12-8-4-1-5-10-9-13-11(14-10)6-2-3-7-11;10-6-7-11-8-9-4-2-1-3-5-9;1-2-8-6-4-3-5-7;1-2-3-5-8-6-4-7;6-2-4-7-3-1-5-8;/h3-4,7-8,10,15H,1-2,5-6,9,14H2;1-3,6-7,13H,4-5,8-10,12H2;10H,1-9,12H2;1-4,11H,6-8,10H2;2*8H,2-7H2,1H3;7-8H,1-6H2;/q;;;-1;;;;. The van der Waals surface area contributed by atoms with E-state index in [4.69, 9.17) is 54.7 Å². The molecule has 1 unspecified atom stereocenters. The van der Waals surface area contributed by atoms with Crippen LogP contribution >= 0.6 is 0 Å². The molecule has 6 rings (SSSR count). The maximum Gasteiger partial charge on any atom is 0.168 e. The van der Waals surface area contributed by atoms with Crippen LogP contribution in [-0.4, -0.2) is 133 Å². The Hall–Kier alpha value is -2.30. The van der Waals surface area contributed by atoms with E-state index in [1.54, 1.807) is 0 Å². The summed E-state index contributed by atoms with van der Waals surface area (Å²) in [5, 5.41) is 25.7. The Morgan fingerprint density at radius 2 is 1.14 bits per heavy atom. The predicted molar refractivity (Wildman–Crippen MR) is 330 cm³/mol. The Morgan fingerprint density at radius 1 is 0.577 bits per heavy atom. The molecular weight excluding hydrogens is 1050 g/mol. The Labute approximate surface area is 500 Å². The minimum Gasteiger partial charge on any atom is -0.396 e. The number of aliphatic hydroxyl groups excluding tert-OH is 1. The Bertz CT molecular complexity index is 1700. The van der Waals surface area contributed by atoms with Gasteiger partial charge in [-0.15, -0.1) is 5.56 Å². The summed E-state index contributed by atoms with van der Waals surface area (Å²) in [6.45, 7) is 20.4. The average molecular weight is 1170 g/mol. The van der Waals surface area contributed by atoms with E-state index in [1.807, 2.05) is 30.3 Å². The molecule has 3 aromatic carbocycles. The summed E-state index contributed by atoms with van der Waals surface area (Å²) >= 11 is 0. The zero-order chi connectivity index (χ0) is 56.4. The third kappa shape index (κ3) is 46.3. The van der Waals surface area contributed by atoms with Crippen molar-refractivity contribution in [2.75, 3.05) is 111 Å². The Morgan fingerprint density at radius 3 is 1.74 bits per heavy atom. The van der Waals surface area contributed by atoms with Gasteiger partial charge in [0, 0.05) is 115 Å². The molecule has 1 saturated carbocycles. The van der Waals surface area contributed by atoms with Gasteiger partial charge in [-0.3, -0.25) is 0 Å². The van der Waals surface area contributed by atoms with Crippen molar-refractivity contribution >= 4 is 10.9 Å². The second-order valence-corrected chi connectivity index (χ2v) is 19.3. The molecule has 16 nitrogen and oxygen atoms in total. The molecular formula is C61H116N13O3Y-. The van der Waals surface area contributed by atoms with Crippen molar-refractivity contribution in [1.29, 1.82) is 0 Å².